The van der Waals surface area contributed by atoms with Crippen molar-refractivity contribution in [2.75, 3.05) is 13.1 Å². The Balaban J connectivity index is 1.87. The molecule has 2 heterocycles. The predicted molar refractivity (Wildman–Crippen MR) is 75.1 cm³/mol. The van der Waals surface area contributed by atoms with Gasteiger partial charge in [0.2, 0.25) is 0 Å². The summed E-state index contributed by atoms with van der Waals surface area (Å²) in [4.78, 5) is 14.5. The number of carbonyl (C=O) groups is 1. The van der Waals surface area contributed by atoms with Gasteiger partial charge in [-0.2, -0.15) is 5.10 Å². The monoisotopic (exact) mass is 264 g/mol. The molecule has 1 aromatic rings. The summed E-state index contributed by atoms with van der Waals surface area (Å²) in [6.45, 7) is 8.50. The Labute approximate surface area is 115 Å². The lowest BCUT2D eigenvalue weighted by Crippen LogP contribution is -2.46. The Bertz CT molecular complexity index is 425. The average molecular weight is 264 g/mol. The number of aryl methyl sites for hydroxylation is 2. The van der Waals surface area contributed by atoms with Crippen LogP contribution in [0.15, 0.2) is 6.07 Å². The zero-order chi connectivity index (χ0) is 14.0. The van der Waals surface area contributed by atoms with E-state index in [1.165, 1.54) is 0 Å². The molecule has 1 aromatic heterocycles. The molecule has 2 rings (SSSR count). The fourth-order valence-corrected chi connectivity index (χ4v) is 2.49. The molecule has 0 bridgehead atoms. The van der Waals surface area contributed by atoms with Gasteiger partial charge in [-0.1, -0.05) is 0 Å². The third kappa shape index (κ3) is 3.35. The van der Waals surface area contributed by atoms with Gasteiger partial charge in [-0.25, -0.2) is 0 Å². The first-order chi connectivity index (χ1) is 8.97. The molecule has 0 spiro atoms. The lowest BCUT2D eigenvalue weighted by Gasteiger charge is -2.34. The van der Waals surface area contributed by atoms with Crippen molar-refractivity contribution in [1.82, 2.24) is 20.0 Å². The zero-order valence-electron chi connectivity index (χ0n) is 12.3. The van der Waals surface area contributed by atoms with E-state index in [0.29, 0.717) is 11.7 Å². The first-order valence-corrected chi connectivity index (χ1v) is 7.03. The largest absolute Gasteiger partial charge is 0.348 e. The molecule has 1 aliphatic heterocycles. The third-order valence-electron chi connectivity index (χ3n) is 3.94. The summed E-state index contributed by atoms with van der Waals surface area (Å²) >= 11 is 0. The van der Waals surface area contributed by atoms with Crippen molar-refractivity contribution in [3.8, 4) is 0 Å². The van der Waals surface area contributed by atoms with Crippen LogP contribution in [0.3, 0.4) is 0 Å². The fraction of sp³-hybridized carbons (Fsp3) is 0.714. The number of nitrogens with one attached hydrogen (secondary N) is 1. The second-order valence-corrected chi connectivity index (χ2v) is 5.67. The van der Waals surface area contributed by atoms with Crippen LogP contribution in [0.2, 0.25) is 0 Å². The molecule has 1 N–H and O–H groups in total. The highest BCUT2D eigenvalue weighted by molar-refractivity contribution is 5.92. The van der Waals surface area contributed by atoms with Crippen molar-refractivity contribution in [2.24, 2.45) is 7.05 Å². The number of piperidine rings is 1. The summed E-state index contributed by atoms with van der Waals surface area (Å²) in [5.74, 6) is -0.0494. The van der Waals surface area contributed by atoms with Crippen molar-refractivity contribution in [3.63, 3.8) is 0 Å². The third-order valence-corrected chi connectivity index (χ3v) is 3.94. The van der Waals surface area contributed by atoms with E-state index in [0.717, 1.165) is 31.6 Å². The molecular weight excluding hydrogens is 240 g/mol. The number of carbonyl (C=O) groups excluding carboxylic acids is 1. The highest BCUT2D eigenvalue weighted by Gasteiger charge is 2.23. The quantitative estimate of drug-likeness (QED) is 0.896. The summed E-state index contributed by atoms with van der Waals surface area (Å²) < 4.78 is 1.73. The maximum absolute atomic E-state index is 12.1. The number of nitrogens with zero attached hydrogens (tertiary/aromatic N) is 3. The molecule has 19 heavy (non-hydrogen) atoms. The van der Waals surface area contributed by atoms with Gasteiger partial charge in [0, 0.05) is 37.9 Å². The standard InChI is InChI=1S/C14H24N4O/c1-10(2)18-7-5-12(6-8-18)15-14(19)13-9-11(3)17(4)16-13/h9-10,12H,5-8H2,1-4H3,(H,15,19). The summed E-state index contributed by atoms with van der Waals surface area (Å²) in [7, 11) is 1.85. The van der Waals surface area contributed by atoms with Gasteiger partial charge in [0.15, 0.2) is 0 Å². The molecule has 0 aromatic carbocycles. The number of likely N-dealkylation sites (tertiary alicyclic amines) is 1. The van der Waals surface area contributed by atoms with Gasteiger partial charge in [-0.15, -0.1) is 0 Å². The van der Waals surface area contributed by atoms with E-state index in [4.69, 9.17) is 0 Å². The molecule has 106 valence electrons. The number of aromatic nitrogens is 2. The number of hydrogen-bond donors (Lipinski definition) is 1. The van der Waals surface area contributed by atoms with Gasteiger partial charge in [-0.05, 0) is 39.7 Å². The molecule has 5 nitrogen and oxygen atoms in total. The molecule has 0 unspecified atom stereocenters. The van der Waals surface area contributed by atoms with Gasteiger partial charge >= 0.3 is 0 Å². The lowest BCUT2D eigenvalue weighted by molar-refractivity contribution is 0.0895. The summed E-state index contributed by atoms with van der Waals surface area (Å²) in [6.07, 6.45) is 2.05. The summed E-state index contributed by atoms with van der Waals surface area (Å²) in [5, 5.41) is 7.31. The smallest absolute Gasteiger partial charge is 0.272 e. The van der Waals surface area contributed by atoms with Crippen LogP contribution in [0.1, 0.15) is 42.9 Å². The van der Waals surface area contributed by atoms with Crippen LogP contribution in [0.4, 0.5) is 0 Å². The van der Waals surface area contributed by atoms with Crippen LogP contribution >= 0.6 is 0 Å². The van der Waals surface area contributed by atoms with Gasteiger partial charge < -0.3 is 10.2 Å². The summed E-state index contributed by atoms with van der Waals surface area (Å²) in [5.41, 5.74) is 1.52. The lowest BCUT2D eigenvalue weighted by atomic mass is 10.0. The first kappa shape index (κ1) is 14.1. The topological polar surface area (TPSA) is 50.2 Å². The van der Waals surface area contributed by atoms with Gasteiger partial charge in [-0.3, -0.25) is 9.48 Å². The minimum absolute atomic E-state index is 0.0494. The average Bonchev–Trinajstić information content (AvgIpc) is 2.70. The number of rotatable bonds is 3. The SMILES string of the molecule is Cc1cc(C(=O)NC2CCN(C(C)C)CC2)nn1C. The van der Waals surface area contributed by atoms with Crippen LogP contribution in [0, 0.1) is 6.92 Å². The zero-order valence-corrected chi connectivity index (χ0v) is 12.3. The normalized spacial score (nSPS) is 17.9. The molecule has 1 amide bonds. The Morgan fingerprint density at radius 3 is 2.53 bits per heavy atom. The van der Waals surface area contributed by atoms with Crippen molar-refractivity contribution >= 4 is 5.91 Å². The van der Waals surface area contributed by atoms with Crippen LogP contribution < -0.4 is 5.32 Å². The Morgan fingerprint density at radius 1 is 1.42 bits per heavy atom. The molecule has 1 saturated heterocycles. The van der Waals surface area contributed by atoms with Crippen LogP contribution in [-0.4, -0.2) is 45.8 Å². The van der Waals surface area contributed by atoms with E-state index in [1.54, 1.807) is 4.68 Å². The minimum Gasteiger partial charge on any atom is -0.348 e. The van der Waals surface area contributed by atoms with E-state index >= 15 is 0 Å². The second kappa shape index (κ2) is 5.74. The van der Waals surface area contributed by atoms with E-state index in [2.05, 4.69) is 29.2 Å². The van der Waals surface area contributed by atoms with Crippen LogP contribution in [-0.2, 0) is 7.05 Å². The first-order valence-electron chi connectivity index (χ1n) is 7.03. The predicted octanol–water partition coefficient (Wildman–Crippen LogP) is 1.33. The molecule has 0 aliphatic carbocycles. The Hall–Kier alpha value is -1.36. The van der Waals surface area contributed by atoms with Crippen molar-refractivity contribution < 1.29 is 4.79 Å². The van der Waals surface area contributed by atoms with Crippen LogP contribution in [0.25, 0.3) is 0 Å². The van der Waals surface area contributed by atoms with Crippen molar-refractivity contribution in [2.45, 2.75) is 45.7 Å². The molecule has 1 fully saturated rings. The minimum atomic E-state index is -0.0494. The highest BCUT2D eigenvalue weighted by Crippen LogP contribution is 2.13. The maximum Gasteiger partial charge on any atom is 0.272 e. The van der Waals surface area contributed by atoms with E-state index in [-0.39, 0.29) is 11.9 Å². The van der Waals surface area contributed by atoms with E-state index in [1.807, 2.05) is 20.0 Å². The van der Waals surface area contributed by atoms with Gasteiger partial charge in [0.05, 0.1) is 0 Å². The van der Waals surface area contributed by atoms with Gasteiger partial charge in [0.25, 0.3) is 5.91 Å². The maximum atomic E-state index is 12.1. The van der Waals surface area contributed by atoms with E-state index < -0.39 is 0 Å². The fourth-order valence-electron chi connectivity index (χ4n) is 2.49. The molecule has 1 aliphatic rings. The number of amides is 1. The highest BCUT2D eigenvalue weighted by atomic mass is 16.2. The Kier molecular flexibility index (Phi) is 4.24. The van der Waals surface area contributed by atoms with Gasteiger partial charge in [0.1, 0.15) is 5.69 Å². The molecule has 5 heteroatoms. The van der Waals surface area contributed by atoms with Crippen LogP contribution in [0.5, 0.6) is 0 Å². The summed E-state index contributed by atoms with van der Waals surface area (Å²) in [6, 6.07) is 2.71. The number of hydrogen-bond acceptors (Lipinski definition) is 3. The van der Waals surface area contributed by atoms with Crippen molar-refractivity contribution in [3.05, 3.63) is 17.5 Å². The molecule has 0 radical (unpaired) electrons. The second-order valence-electron chi connectivity index (χ2n) is 5.67. The van der Waals surface area contributed by atoms with Crippen molar-refractivity contribution in [1.29, 1.82) is 0 Å². The van der Waals surface area contributed by atoms with E-state index in [9.17, 15) is 4.79 Å². The Morgan fingerprint density at radius 2 is 2.05 bits per heavy atom. The molecular formula is C14H24N4O. The molecule has 0 atom stereocenters. The molecule has 0 saturated carbocycles.